The maximum atomic E-state index is 11.7. The third-order valence-electron chi connectivity index (χ3n) is 3.60. The molecule has 0 atom stereocenters. The van der Waals surface area contributed by atoms with Gasteiger partial charge in [-0.3, -0.25) is 9.48 Å². The van der Waals surface area contributed by atoms with Crippen LogP contribution in [0, 0.1) is 0 Å². The Morgan fingerprint density at radius 2 is 2.28 bits per heavy atom. The lowest BCUT2D eigenvalue weighted by molar-refractivity contribution is 0.0972. The number of ketones is 1. The number of carbonyl (C=O) groups excluding carboxylic acids is 1. The lowest BCUT2D eigenvalue weighted by Crippen LogP contribution is -2.13. The molecule has 0 bridgehead atoms. The molecule has 0 saturated heterocycles. The van der Waals surface area contributed by atoms with E-state index in [4.69, 9.17) is 0 Å². The van der Waals surface area contributed by atoms with E-state index in [0.717, 1.165) is 31.4 Å². The molecule has 2 aromatic rings. The molecule has 1 aliphatic carbocycles. The molecule has 3 rings (SSSR count). The van der Waals surface area contributed by atoms with Crippen LogP contribution in [0.5, 0.6) is 0 Å². The van der Waals surface area contributed by atoms with Gasteiger partial charge in [0, 0.05) is 43.7 Å². The molecule has 0 spiro atoms. The van der Waals surface area contributed by atoms with Gasteiger partial charge in [-0.1, -0.05) is 0 Å². The van der Waals surface area contributed by atoms with Crippen LogP contribution in [0.15, 0.2) is 24.7 Å². The van der Waals surface area contributed by atoms with E-state index in [1.165, 1.54) is 11.3 Å². The van der Waals surface area contributed by atoms with E-state index in [0.29, 0.717) is 12.2 Å². The molecule has 0 saturated carbocycles. The molecule has 2 heterocycles. The van der Waals surface area contributed by atoms with Crippen LogP contribution < -0.4 is 0 Å². The van der Waals surface area contributed by atoms with Gasteiger partial charge in [0.2, 0.25) is 0 Å². The number of aryl methyl sites for hydroxylation is 3. The highest BCUT2D eigenvalue weighted by Gasteiger charge is 2.20. The van der Waals surface area contributed by atoms with Gasteiger partial charge in [-0.15, -0.1) is 0 Å². The topological polar surface area (TPSA) is 39.8 Å². The lowest BCUT2D eigenvalue weighted by atomic mass is 9.97. The third kappa shape index (κ3) is 1.98. The second-order valence-corrected chi connectivity index (χ2v) is 4.92. The molecular weight excluding hydrogens is 226 g/mol. The molecule has 4 heteroatoms. The Labute approximate surface area is 106 Å². The van der Waals surface area contributed by atoms with Gasteiger partial charge in [0.15, 0.2) is 5.78 Å². The molecule has 0 amide bonds. The minimum Gasteiger partial charge on any atom is -0.350 e. The van der Waals surface area contributed by atoms with Crippen molar-refractivity contribution < 1.29 is 4.79 Å². The number of fused-ring (bicyclic) bond motifs is 1. The van der Waals surface area contributed by atoms with Crippen LogP contribution in [-0.4, -0.2) is 20.1 Å². The molecule has 18 heavy (non-hydrogen) atoms. The van der Waals surface area contributed by atoms with Crippen LogP contribution in [0.2, 0.25) is 0 Å². The first-order valence-corrected chi connectivity index (χ1v) is 6.43. The predicted molar refractivity (Wildman–Crippen MR) is 68.6 cm³/mol. The van der Waals surface area contributed by atoms with Crippen molar-refractivity contribution in [1.29, 1.82) is 0 Å². The molecule has 4 nitrogen and oxygen atoms in total. The summed E-state index contributed by atoms with van der Waals surface area (Å²) in [5.74, 6) is 0.302. The van der Waals surface area contributed by atoms with Gasteiger partial charge in [0.05, 0.1) is 6.20 Å². The van der Waals surface area contributed by atoms with Crippen molar-refractivity contribution in [1.82, 2.24) is 14.3 Å². The zero-order chi connectivity index (χ0) is 12.5. The highest BCUT2D eigenvalue weighted by Crippen LogP contribution is 2.22. The Hall–Kier alpha value is -1.84. The summed E-state index contributed by atoms with van der Waals surface area (Å²) in [6.07, 6.45) is 9.68. The number of aromatic nitrogens is 3. The standard InChI is InChI=1S/C14H17N3O/c1-16-10-11(9-15-16)5-7-17-8-6-12-13(17)3-2-4-14(12)18/h6,8-10H,2-5,7H2,1H3. The third-order valence-corrected chi connectivity index (χ3v) is 3.60. The van der Waals surface area contributed by atoms with E-state index in [9.17, 15) is 4.79 Å². The van der Waals surface area contributed by atoms with Crippen molar-refractivity contribution >= 4 is 5.78 Å². The molecule has 94 valence electrons. The van der Waals surface area contributed by atoms with E-state index in [1.807, 2.05) is 36.4 Å². The molecule has 1 aliphatic rings. The van der Waals surface area contributed by atoms with Crippen molar-refractivity contribution in [2.45, 2.75) is 32.2 Å². The van der Waals surface area contributed by atoms with Crippen LogP contribution >= 0.6 is 0 Å². The predicted octanol–water partition coefficient (Wildman–Crippen LogP) is 1.98. The average Bonchev–Trinajstić information content (AvgIpc) is 2.94. The zero-order valence-corrected chi connectivity index (χ0v) is 10.6. The SMILES string of the molecule is Cn1cc(CCn2ccc3c2CCCC3=O)cn1. The lowest BCUT2D eigenvalue weighted by Gasteiger charge is -2.14. The number of carbonyl (C=O) groups is 1. The first-order chi connectivity index (χ1) is 8.74. The Balaban J connectivity index is 1.75. The molecule has 0 fully saturated rings. The summed E-state index contributed by atoms with van der Waals surface area (Å²) in [6, 6.07) is 1.97. The summed E-state index contributed by atoms with van der Waals surface area (Å²) >= 11 is 0. The van der Waals surface area contributed by atoms with Gasteiger partial charge in [-0.25, -0.2) is 0 Å². The minimum atomic E-state index is 0.302. The van der Waals surface area contributed by atoms with Crippen LogP contribution in [0.25, 0.3) is 0 Å². The normalized spacial score (nSPS) is 14.8. The number of rotatable bonds is 3. The van der Waals surface area contributed by atoms with Crippen LogP contribution in [0.4, 0.5) is 0 Å². The molecule has 0 aliphatic heterocycles. The number of hydrogen-bond acceptors (Lipinski definition) is 2. The summed E-state index contributed by atoms with van der Waals surface area (Å²) in [7, 11) is 1.93. The van der Waals surface area contributed by atoms with Crippen molar-refractivity contribution in [3.63, 3.8) is 0 Å². The van der Waals surface area contributed by atoms with Crippen LogP contribution in [0.1, 0.15) is 34.5 Å². The van der Waals surface area contributed by atoms with E-state index in [2.05, 4.69) is 9.67 Å². The highest BCUT2D eigenvalue weighted by molar-refractivity contribution is 5.98. The Morgan fingerprint density at radius 3 is 3.06 bits per heavy atom. The van der Waals surface area contributed by atoms with E-state index in [-0.39, 0.29) is 0 Å². The van der Waals surface area contributed by atoms with Crippen molar-refractivity contribution in [3.05, 3.63) is 41.5 Å². The van der Waals surface area contributed by atoms with Crippen molar-refractivity contribution in [2.24, 2.45) is 7.05 Å². The maximum Gasteiger partial charge on any atom is 0.164 e. The fourth-order valence-corrected chi connectivity index (χ4v) is 2.65. The second-order valence-electron chi connectivity index (χ2n) is 4.92. The first-order valence-electron chi connectivity index (χ1n) is 6.43. The van der Waals surface area contributed by atoms with E-state index >= 15 is 0 Å². The largest absolute Gasteiger partial charge is 0.350 e. The molecule has 0 radical (unpaired) electrons. The summed E-state index contributed by atoms with van der Waals surface area (Å²) < 4.78 is 4.05. The summed E-state index contributed by atoms with van der Waals surface area (Å²) in [5.41, 5.74) is 3.39. The van der Waals surface area contributed by atoms with Crippen molar-refractivity contribution in [3.8, 4) is 0 Å². The fourth-order valence-electron chi connectivity index (χ4n) is 2.65. The maximum absolute atomic E-state index is 11.7. The van der Waals surface area contributed by atoms with E-state index < -0.39 is 0 Å². The van der Waals surface area contributed by atoms with Crippen molar-refractivity contribution in [2.75, 3.05) is 0 Å². The highest BCUT2D eigenvalue weighted by atomic mass is 16.1. The summed E-state index contributed by atoms with van der Waals surface area (Å²) in [4.78, 5) is 11.7. The molecule has 0 N–H and O–H groups in total. The average molecular weight is 243 g/mol. The van der Waals surface area contributed by atoms with Gasteiger partial charge in [-0.2, -0.15) is 5.10 Å². The first kappa shape index (κ1) is 11.3. The molecular formula is C14H17N3O. The summed E-state index contributed by atoms with van der Waals surface area (Å²) in [5, 5.41) is 4.17. The smallest absolute Gasteiger partial charge is 0.164 e. The quantitative estimate of drug-likeness (QED) is 0.827. The zero-order valence-electron chi connectivity index (χ0n) is 10.6. The van der Waals surface area contributed by atoms with Crippen LogP contribution in [0.3, 0.4) is 0 Å². The van der Waals surface area contributed by atoms with E-state index in [1.54, 1.807) is 0 Å². The molecule has 0 unspecified atom stereocenters. The second kappa shape index (κ2) is 4.44. The number of Topliss-reactive ketones (excluding diaryl/α,β-unsaturated/α-hetero) is 1. The van der Waals surface area contributed by atoms with Gasteiger partial charge < -0.3 is 4.57 Å². The van der Waals surface area contributed by atoms with Gasteiger partial charge in [0.1, 0.15) is 0 Å². The Bertz CT molecular complexity index is 580. The van der Waals surface area contributed by atoms with Gasteiger partial charge in [0.25, 0.3) is 0 Å². The number of hydrogen-bond donors (Lipinski definition) is 0. The fraction of sp³-hybridized carbons (Fsp3) is 0.429. The minimum absolute atomic E-state index is 0.302. The van der Waals surface area contributed by atoms with Gasteiger partial charge >= 0.3 is 0 Å². The van der Waals surface area contributed by atoms with Gasteiger partial charge in [-0.05, 0) is 30.9 Å². The van der Waals surface area contributed by atoms with Crippen LogP contribution in [-0.2, 0) is 26.4 Å². The molecule has 0 aromatic carbocycles. The monoisotopic (exact) mass is 243 g/mol. The molecule has 2 aromatic heterocycles. The Morgan fingerprint density at radius 1 is 1.39 bits per heavy atom. The summed E-state index contributed by atoms with van der Waals surface area (Å²) in [6.45, 7) is 0.925. The Kier molecular flexibility index (Phi) is 2.78. The number of nitrogens with zero attached hydrogens (tertiary/aromatic N) is 3.